The Morgan fingerprint density at radius 3 is 1.10 bits per heavy atom. The standard InChI is InChI=1S/C65H129O16P/c1-44(2)21-13-23-46(5)25-15-27-48(7)29-17-31-50(9)33-19-35-52(11)37-39-76-42-54(77-40-38-53(12)36-20-34-51(10)32-18-30-49(8)28-16-26-47(6)24-14-22-45(3)4)43-78-82(74,75)81-64-61(72)59(70)58(69)60(71)63(64)80-65-62(73)57(68)56(67)55(41-66)79-65/h44-73H,13-43H2,1-12H3,(H,74,75)/t46?,47?,48?,49?,50?,51?,52?,53?,54-,55-,56-,57+,58+,59+,60-,61-,62-,63-,64+,65-/m1/s1. The lowest BCUT2D eigenvalue weighted by Crippen LogP contribution is -2.67. The molecule has 9 N–H and O–H groups in total. The minimum absolute atomic E-state index is 0.0557. The van der Waals surface area contributed by atoms with Gasteiger partial charge in [0.25, 0.3) is 0 Å². The van der Waals surface area contributed by atoms with Crippen molar-refractivity contribution in [2.45, 2.75) is 323 Å². The van der Waals surface area contributed by atoms with Crippen LogP contribution in [0.25, 0.3) is 0 Å². The summed E-state index contributed by atoms with van der Waals surface area (Å²) in [7, 11) is -5.19. The van der Waals surface area contributed by atoms with Crippen LogP contribution < -0.4 is 0 Å². The zero-order chi connectivity index (χ0) is 61.4. The van der Waals surface area contributed by atoms with Gasteiger partial charge in [0.2, 0.25) is 0 Å². The van der Waals surface area contributed by atoms with Crippen LogP contribution in [0, 0.1) is 59.2 Å². The third kappa shape index (κ3) is 33.3. The number of phosphoric acid groups is 1. The summed E-state index contributed by atoms with van der Waals surface area (Å²) in [6.07, 6.45) is 10.1. The number of hydrogen-bond acceptors (Lipinski definition) is 15. The Labute approximate surface area is 499 Å². The molecule has 16 nitrogen and oxygen atoms in total. The zero-order valence-electron chi connectivity index (χ0n) is 54.0. The Morgan fingerprint density at radius 2 is 0.732 bits per heavy atom. The van der Waals surface area contributed by atoms with Crippen molar-refractivity contribution in [3.05, 3.63) is 0 Å². The van der Waals surface area contributed by atoms with Gasteiger partial charge in [0.15, 0.2) is 6.29 Å². The van der Waals surface area contributed by atoms with E-state index in [2.05, 4.69) is 83.1 Å². The van der Waals surface area contributed by atoms with Crippen molar-refractivity contribution in [2.24, 2.45) is 59.2 Å². The lowest BCUT2D eigenvalue weighted by Gasteiger charge is -2.47. The van der Waals surface area contributed by atoms with E-state index in [9.17, 15) is 50.3 Å². The second-order valence-electron chi connectivity index (χ2n) is 27.8. The zero-order valence-corrected chi connectivity index (χ0v) is 54.8. The average Bonchev–Trinajstić information content (AvgIpc) is 3.60. The Bertz CT molecular complexity index is 1600. The van der Waals surface area contributed by atoms with Gasteiger partial charge in [0, 0.05) is 13.2 Å². The van der Waals surface area contributed by atoms with Crippen molar-refractivity contribution >= 4 is 7.82 Å². The van der Waals surface area contributed by atoms with E-state index >= 15 is 0 Å². The van der Waals surface area contributed by atoms with Gasteiger partial charge < -0.3 is 64.7 Å². The maximum atomic E-state index is 13.7. The van der Waals surface area contributed by atoms with E-state index in [-0.39, 0.29) is 6.61 Å². The molecule has 17 heteroatoms. The van der Waals surface area contributed by atoms with E-state index in [1.807, 2.05) is 0 Å². The number of ether oxygens (including phenoxy) is 4. The van der Waals surface area contributed by atoms with Gasteiger partial charge in [0.1, 0.15) is 67.1 Å². The molecular formula is C65H129O16P. The van der Waals surface area contributed by atoms with Crippen LogP contribution in [0.1, 0.15) is 250 Å². The molecule has 2 fully saturated rings. The van der Waals surface area contributed by atoms with E-state index < -0.39 is 94.5 Å². The third-order valence-corrected chi connectivity index (χ3v) is 19.2. The van der Waals surface area contributed by atoms with Gasteiger partial charge in [-0.2, -0.15) is 0 Å². The van der Waals surface area contributed by atoms with Crippen LogP contribution in [0.2, 0.25) is 0 Å². The van der Waals surface area contributed by atoms with Crippen molar-refractivity contribution in [1.29, 1.82) is 0 Å². The highest BCUT2D eigenvalue weighted by Gasteiger charge is 2.55. The fourth-order valence-corrected chi connectivity index (χ4v) is 13.0. The van der Waals surface area contributed by atoms with Gasteiger partial charge in [-0.15, -0.1) is 0 Å². The Kier molecular flexibility index (Phi) is 41.1. The van der Waals surface area contributed by atoms with Crippen molar-refractivity contribution in [3.63, 3.8) is 0 Å². The largest absolute Gasteiger partial charge is 0.472 e. The van der Waals surface area contributed by atoms with E-state index in [0.717, 1.165) is 74.0 Å². The number of aliphatic hydroxyl groups is 8. The molecule has 2 rings (SSSR count). The molecule has 82 heavy (non-hydrogen) atoms. The summed E-state index contributed by atoms with van der Waals surface area (Å²) < 4.78 is 47.9. The minimum Gasteiger partial charge on any atom is -0.394 e. The monoisotopic (exact) mass is 1200 g/mol. The lowest BCUT2D eigenvalue weighted by atomic mass is 9.84. The highest BCUT2D eigenvalue weighted by molar-refractivity contribution is 7.47. The van der Waals surface area contributed by atoms with Crippen molar-refractivity contribution < 1.29 is 78.3 Å². The molecule has 0 amide bonds. The minimum atomic E-state index is -5.19. The first kappa shape index (κ1) is 77.7. The smallest absolute Gasteiger partial charge is 0.394 e. The molecule has 0 aromatic heterocycles. The molecule has 1 aliphatic carbocycles. The number of rotatable bonds is 49. The topological polar surface area (TPSA) is 255 Å². The summed E-state index contributed by atoms with van der Waals surface area (Å²) in [4.78, 5) is 11.1. The lowest BCUT2D eigenvalue weighted by molar-refractivity contribution is -0.338. The van der Waals surface area contributed by atoms with Gasteiger partial charge in [-0.05, 0) is 72.0 Å². The van der Waals surface area contributed by atoms with E-state index in [0.29, 0.717) is 36.9 Å². The third-order valence-electron chi connectivity index (χ3n) is 18.2. The van der Waals surface area contributed by atoms with Gasteiger partial charge >= 0.3 is 7.82 Å². The van der Waals surface area contributed by atoms with E-state index in [4.69, 9.17) is 28.0 Å². The van der Waals surface area contributed by atoms with Gasteiger partial charge in [-0.1, -0.05) is 237 Å². The fourth-order valence-electron chi connectivity index (χ4n) is 12.0. The summed E-state index contributed by atoms with van der Waals surface area (Å²) in [5.74, 6) is 6.98. The van der Waals surface area contributed by atoms with Crippen LogP contribution in [0.3, 0.4) is 0 Å². The molecule has 0 bridgehead atoms. The highest BCUT2D eigenvalue weighted by Crippen LogP contribution is 2.48. The summed E-state index contributed by atoms with van der Waals surface area (Å²) in [6.45, 7) is 27.7. The number of phosphoric ester groups is 1. The Balaban J connectivity index is 1.92. The van der Waals surface area contributed by atoms with Crippen molar-refractivity contribution in [2.75, 3.05) is 33.0 Å². The Hall–Kier alpha value is -0.370. The molecule has 490 valence electrons. The molecule has 21 atom stereocenters. The predicted octanol–water partition coefficient (Wildman–Crippen LogP) is 12.1. The molecule has 2 aliphatic rings. The summed E-state index contributed by atoms with van der Waals surface area (Å²) in [5, 5.41) is 84.0. The van der Waals surface area contributed by atoms with E-state index in [1.165, 1.54) is 128 Å². The summed E-state index contributed by atoms with van der Waals surface area (Å²) in [5.41, 5.74) is 0. The van der Waals surface area contributed by atoms with Crippen molar-refractivity contribution in [1.82, 2.24) is 0 Å². The normalized spacial score (nSPS) is 28.6. The quantitative estimate of drug-likeness (QED) is 0.0203. The summed E-state index contributed by atoms with van der Waals surface area (Å²) in [6, 6.07) is 0. The second kappa shape index (κ2) is 43.3. The van der Waals surface area contributed by atoms with Crippen LogP contribution in [0.4, 0.5) is 0 Å². The molecule has 1 saturated heterocycles. The summed E-state index contributed by atoms with van der Waals surface area (Å²) >= 11 is 0. The van der Waals surface area contributed by atoms with Crippen LogP contribution in [0.5, 0.6) is 0 Å². The first-order valence-corrected chi connectivity index (χ1v) is 34.8. The van der Waals surface area contributed by atoms with Crippen LogP contribution in [-0.2, 0) is 32.6 Å². The Morgan fingerprint density at radius 1 is 0.402 bits per heavy atom. The van der Waals surface area contributed by atoms with Gasteiger partial charge in [-0.3, -0.25) is 9.05 Å². The molecular weight excluding hydrogens is 1070 g/mol. The fraction of sp³-hybridized carbons (Fsp3) is 1.00. The second-order valence-corrected chi connectivity index (χ2v) is 29.2. The molecule has 0 spiro atoms. The van der Waals surface area contributed by atoms with Crippen LogP contribution in [0.15, 0.2) is 0 Å². The molecule has 0 aromatic rings. The first-order chi connectivity index (χ1) is 38.7. The highest BCUT2D eigenvalue weighted by atomic mass is 31.2. The van der Waals surface area contributed by atoms with Crippen LogP contribution in [-0.4, -0.2) is 152 Å². The average molecular weight is 1200 g/mol. The first-order valence-electron chi connectivity index (χ1n) is 33.3. The van der Waals surface area contributed by atoms with Crippen LogP contribution >= 0.6 is 7.82 Å². The maximum absolute atomic E-state index is 13.7. The number of hydrogen-bond donors (Lipinski definition) is 9. The SMILES string of the molecule is CC(C)CCCC(C)CCCC(C)CCCC(C)CCCC(C)CCOC[C@H](COP(=O)(O)O[C@H]1[C@H](O)[C@@H](O)[C@H](O)[C@@H](O)[C@H]1O[C@H]1O[C@H](CO)[C@@H](O)[C@H](O)[C@H]1O)OCCC(C)CCCC(C)CCCC(C)CCCC(C)CCCC(C)C. The molecule has 1 aliphatic heterocycles. The maximum Gasteiger partial charge on any atom is 0.472 e. The van der Waals surface area contributed by atoms with Gasteiger partial charge in [-0.25, -0.2) is 4.57 Å². The molecule has 1 heterocycles. The molecule has 1 saturated carbocycles. The van der Waals surface area contributed by atoms with Crippen molar-refractivity contribution in [3.8, 4) is 0 Å². The molecule has 0 aromatic carbocycles. The predicted molar refractivity (Wildman–Crippen MR) is 327 cm³/mol. The molecule has 9 unspecified atom stereocenters. The number of aliphatic hydroxyl groups excluding tert-OH is 8. The molecule has 0 radical (unpaired) electrons. The van der Waals surface area contributed by atoms with Gasteiger partial charge in [0.05, 0.1) is 19.8 Å². The van der Waals surface area contributed by atoms with E-state index in [1.54, 1.807) is 0 Å².